The van der Waals surface area contributed by atoms with E-state index in [0.29, 0.717) is 6.42 Å². The van der Waals surface area contributed by atoms with Crippen molar-refractivity contribution < 1.29 is 18.8 Å². The molecule has 0 bridgehead atoms. The van der Waals surface area contributed by atoms with Gasteiger partial charge in [-0.05, 0) is 30.0 Å². The molecule has 1 heterocycles. The lowest BCUT2D eigenvalue weighted by Crippen LogP contribution is -2.39. The topological polar surface area (TPSA) is 78.5 Å². The second-order valence-corrected chi connectivity index (χ2v) is 5.50. The van der Waals surface area contributed by atoms with E-state index in [1.54, 1.807) is 6.07 Å². The first-order valence-corrected chi connectivity index (χ1v) is 7.17. The normalized spacial score (nSPS) is 23.4. The quantitative estimate of drug-likeness (QED) is 0.782. The molecule has 2 unspecified atom stereocenters. The maximum Gasteiger partial charge on any atom is 0.324 e. The van der Waals surface area contributed by atoms with E-state index < -0.39 is 6.03 Å². The zero-order chi connectivity index (χ0) is 15.7. The number of halogens is 1. The first-order valence-electron chi connectivity index (χ1n) is 7.17. The average molecular weight is 305 g/mol. The molecule has 1 aliphatic carbocycles. The maximum absolute atomic E-state index is 13.2. The molecule has 1 aromatic rings. The molecule has 1 saturated carbocycles. The predicted octanol–water partition coefficient (Wildman–Crippen LogP) is 0.597. The summed E-state index contributed by atoms with van der Waals surface area (Å²) in [5.74, 6) is -0.830. The molecule has 1 saturated heterocycles. The minimum atomic E-state index is -0.427. The van der Waals surface area contributed by atoms with Gasteiger partial charge in [0.05, 0.1) is 6.54 Å². The molecule has 2 fully saturated rings. The van der Waals surface area contributed by atoms with Crippen LogP contribution < -0.4 is 10.6 Å². The Labute approximate surface area is 126 Å². The Morgan fingerprint density at radius 2 is 2.23 bits per heavy atom. The van der Waals surface area contributed by atoms with Gasteiger partial charge in [0, 0.05) is 19.0 Å². The lowest BCUT2D eigenvalue weighted by molar-refractivity contribution is -0.126. The molecule has 116 valence electrons. The Morgan fingerprint density at radius 1 is 1.41 bits per heavy atom. The monoisotopic (exact) mass is 305 g/mol. The molecule has 1 aromatic carbocycles. The summed E-state index contributed by atoms with van der Waals surface area (Å²) in [6, 6.07) is 5.84. The van der Waals surface area contributed by atoms with Crippen LogP contribution in [0, 0.1) is 11.7 Å². The minimum absolute atomic E-state index is 0.0110. The lowest BCUT2D eigenvalue weighted by Gasteiger charge is -2.12. The van der Waals surface area contributed by atoms with Gasteiger partial charge in [-0.25, -0.2) is 9.18 Å². The van der Waals surface area contributed by atoms with Crippen LogP contribution in [0.15, 0.2) is 24.3 Å². The summed E-state index contributed by atoms with van der Waals surface area (Å²) in [6.07, 6.45) is 0.693. The third-order valence-corrected chi connectivity index (χ3v) is 3.98. The van der Waals surface area contributed by atoms with Gasteiger partial charge in [0.2, 0.25) is 11.8 Å². The second-order valence-electron chi connectivity index (χ2n) is 5.50. The fourth-order valence-electron chi connectivity index (χ4n) is 2.69. The smallest absolute Gasteiger partial charge is 0.324 e. The largest absolute Gasteiger partial charge is 0.354 e. The van der Waals surface area contributed by atoms with E-state index in [1.807, 2.05) is 6.07 Å². The van der Waals surface area contributed by atoms with Crippen molar-refractivity contribution in [1.29, 1.82) is 0 Å². The van der Waals surface area contributed by atoms with Crippen molar-refractivity contribution in [3.8, 4) is 0 Å². The van der Waals surface area contributed by atoms with Crippen LogP contribution in [0.25, 0.3) is 0 Å². The number of carbonyl (C=O) groups is 3. The number of rotatable bonds is 5. The van der Waals surface area contributed by atoms with E-state index in [1.165, 1.54) is 12.1 Å². The van der Waals surface area contributed by atoms with Gasteiger partial charge in [0.15, 0.2) is 0 Å². The molecule has 6 nitrogen and oxygen atoms in total. The van der Waals surface area contributed by atoms with Crippen molar-refractivity contribution in [2.45, 2.75) is 12.3 Å². The van der Waals surface area contributed by atoms with Crippen molar-refractivity contribution in [3.05, 3.63) is 35.6 Å². The van der Waals surface area contributed by atoms with E-state index in [9.17, 15) is 18.8 Å². The molecule has 4 amide bonds. The maximum atomic E-state index is 13.2. The van der Waals surface area contributed by atoms with Crippen LogP contribution in [0.1, 0.15) is 17.9 Å². The molecule has 3 rings (SSSR count). The van der Waals surface area contributed by atoms with Gasteiger partial charge in [-0.15, -0.1) is 0 Å². The molecule has 0 spiro atoms. The molecule has 0 radical (unpaired) electrons. The number of benzene rings is 1. The zero-order valence-corrected chi connectivity index (χ0v) is 11.8. The van der Waals surface area contributed by atoms with Crippen LogP contribution in [0.2, 0.25) is 0 Å². The van der Waals surface area contributed by atoms with Crippen molar-refractivity contribution in [3.63, 3.8) is 0 Å². The summed E-state index contributed by atoms with van der Waals surface area (Å²) < 4.78 is 13.2. The lowest BCUT2D eigenvalue weighted by atomic mass is 10.1. The Balaban J connectivity index is 1.46. The standard InChI is InChI=1S/C15H16FN3O3/c16-10-3-1-2-9(6-10)11-7-12(11)14(21)17-4-5-19-13(20)8-18-15(19)22/h1-3,6,11-12H,4-5,7-8H2,(H,17,21)(H,18,22). The molecular formula is C15H16FN3O3. The number of amides is 4. The van der Waals surface area contributed by atoms with Crippen molar-refractivity contribution in [2.75, 3.05) is 19.6 Å². The second kappa shape index (κ2) is 5.75. The van der Waals surface area contributed by atoms with E-state index in [-0.39, 0.29) is 49.1 Å². The molecule has 22 heavy (non-hydrogen) atoms. The highest BCUT2D eigenvalue weighted by Gasteiger charge is 2.43. The van der Waals surface area contributed by atoms with Crippen molar-refractivity contribution in [1.82, 2.24) is 15.5 Å². The van der Waals surface area contributed by atoms with Gasteiger partial charge in [0.25, 0.3) is 0 Å². The third kappa shape index (κ3) is 2.93. The van der Waals surface area contributed by atoms with Crippen molar-refractivity contribution >= 4 is 17.8 Å². The van der Waals surface area contributed by atoms with Gasteiger partial charge >= 0.3 is 6.03 Å². The number of nitrogens with zero attached hydrogens (tertiary/aromatic N) is 1. The average Bonchev–Trinajstić information content (AvgIpc) is 3.23. The third-order valence-electron chi connectivity index (χ3n) is 3.98. The van der Waals surface area contributed by atoms with Gasteiger partial charge in [-0.2, -0.15) is 0 Å². The number of carbonyl (C=O) groups excluding carboxylic acids is 3. The summed E-state index contributed by atoms with van der Waals surface area (Å²) in [5.41, 5.74) is 0.828. The Bertz CT molecular complexity index is 618. The van der Waals surface area contributed by atoms with Gasteiger partial charge < -0.3 is 10.6 Å². The Kier molecular flexibility index (Phi) is 3.79. The molecule has 2 N–H and O–H groups in total. The van der Waals surface area contributed by atoms with Gasteiger partial charge in [-0.1, -0.05) is 12.1 Å². The van der Waals surface area contributed by atoms with E-state index in [0.717, 1.165) is 10.5 Å². The predicted molar refractivity (Wildman–Crippen MR) is 75.4 cm³/mol. The van der Waals surface area contributed by atoms with E-state index in [4.69, 9.17) is 0 Å². The Morgan fingerprint density at radius 3 is 2.91 bits per heavy atom. The van der Waals surface area contributed by atoms with Crippen LogP contribution >= 0.6 is 0 Å². The highest BCUT2D eigenvalue weighted by atomic mass is 19.1. The molecule has 2 aliphatic rings. The first kappa shape index (κ1) is 14.5. The van der Waals surface area contributed by atoms with E-state index in [2.05, 4.69) is 10.6 Å². The number of urea groups is 1. The molecule has 2 atom stereocenters. The summed E-state index contributed by atoms with van der Waals surface area (Å²) in [7, 11) is 0. The van der Waals surface area contributed by atoms with Crippen molar-refractivity contribution in [2.24, 2.45) is 5.92 Å². The summed E-state index contributed by atoms with van der Waals surface area (Å²) in [5, 5.41) is 5.14. The van der Waals surface area contributed by atoms with Gasteiger partial charge in [-0.3, -0.25) is 14.5 Å². The minimum Gasteiger partial charge on any atom is -0.354 e. The Hall–Kier alpha value is -2.44. The summed E-state index contributed by atoms with van der Waals surface area (Å²) in [4.78, 5) is 35.8. The highest BCUT2D eigenvalue weighted by Crippen LogP contribution is 2.47. The number of nitrogens with one attached hydrogen (secondary N) is 2. The van der Waals surface area contributed by atoms with Crippen LogP contribution in [0.3, 0.4) is 0 Å². The first-order chi connectivity index (χ1) is 10.6. The fourth-order valence-corrected chi connectivity index (χ4v) is 2.69. The fraction of sp³-hybridized carbons (Fsp3) is 0.400. The number of imide groups is 1. The van der Waals surface area contributed by atoms with Crippen LogP contribution in [-0.4, -0.2) is 42.4 Å². The van der Waals surface area contributed by atoms with Crippen LogP contribution in [-0.2, 0) is 9.59 Å². The molecule has 0 aromatic heterocycles. The summed E-state index contributed by atoms with van der Waals surface area (Å²) in [6.45, 7) is 0.398. The summed E-state index contributed by atoms with van der Waals surface area (Å²) >= 11 is 0. The molecular weight excluding hydrogens is 289 g/mol. The van der Waals surface area contributed by atoms with Crippen LogP contribution in [0.4, 0.5) is 9.18 Å². The van der Waals surface area contributed by atoms with E-state index >= 15 is 0 Å². The molecule has 1 aliphatic heterocycles. The number of hydrogen-bond donors (Lipinski definition) is 2. The zero-order valence-electron chi connectivity index (χ0n) is 11.8. The van der Waals surface area contributed by atoms with Crippen LogP contribution in [0.5, 0.6) is 0 Å². The SMILES string of the molecule is O=C(NCCN1C(=O)CNC1=O)C1CC1c1cccc(F)c1. The van der Waals surface area contributed by atoms with Gasteiger partial charge in [0.1, 0.15) is 5.82 Å². The number of hydrogen-bond acceptors (Lipinski definition) is 3. The highest BCUT2D eigenvalue weighted by molar-refractivity contribution is 6.01. The molecule has 7 heteroatoms.